The lowest BCUT2D eigenvalue weighted by molar-refractivity contribution is -0.0884. The van der Waals surface area contributed by atoms with Crippen LogP contribution < -0.4 is 21.3 Å². The Kier molecular flexibility index (Phi) is 10.8. The summed E-state index contributed by atoms with van der Waals surface area (Å²) in [4.78, 5) is 38.8. The molecule has 9 nitrogen and oxygen atoms in total. The highest BCUT2D eigenvalue weighted by Crippen LogP contribution is 2.33. The smallest absolute Gasteiger partial charge is 0.383 e. The number of ketones is 1. The highest BCUT2D eigenvalue weighted by molar-refractivity contribution is 6.36. The summed E-state index contributed by atoms with van der Waals surface area (Å²) in [7, 11) is 0. The highest BCUT2D eigenvalue weighted by atomic mass is 35.5. The number of hydrogen-bond acceptors (Lipinski definition) is 8. The molecule has 0 aliphatic carbocycles. The topological polar surface area (TPSA) is 116 Å². The molecule has 5 rings (SSSR count). The monoisotopic (exact) mass is 691 g/mol. The number of nitrogen functional groups attached to an aromatic ring is 1. The number of pyridine rings is 2. The summed E-state index contributed by atoms with van der Waals surface area (Å²) in [6.45, 7) is 8.01. The van der Waals surface area contributed by atoms with Crippen molar-refractivity contribution in [2.75, 3.05) is 48.7 Å². The first-order chi connectivity index (χ1) is 22.3. The minimum atomic E-state index is -5.05. The number of anilines is 3. The number of rotatable bonds is 9. The maximum atomic E-state index is 13.7. The number of hydrogen-bond donors (Lipinski definition) is 3. The van der Waals surface area contributed by atoms with E-state index >= 15 is 0 Å². The number of carbonyl (C=O) groups excluding carboxylic acids is 2. The molecule has 2 aliphatic rings. The van der Waals surface area contributed by atoms with Crippen LogP contribution in [0.25, 0.3) is 11.3 Å². The fourth-order valence-electron chi connectivity index (χ4n) is 6.12. The Morgan fingerprint density at radius 2 is 1.72 bits per heavy atom. The minimum Gasteiger partial charge on any atom is -0.383 e. The quantitative estimate of drug-likeness (QED) is 0.212. The van der Waals surface area contributed by atoms with Crippen LogP contribution >= 0.6 is 23.2 Å². The molecular formula is C33H38Cl2F3N7O2. The van der Waals surface area contributed by atoms with Gasteiger partial charge < -0.3 is 26.2 Å². The van der Waals surface area contributed by atoms with Gasteiger partial charge in [-0.2, -0.15) is 13.2 Å². The van der Waals surface area contributed by atoms with E-state index in [1.807, 2.05) is 4.90 Å². The highest BCUT2D eigenvalue weighted by Gasteiger charge is 2.40. The van der Waals surface area contributed by atoms with E-state index in [4.69, 9.17) is 33.9 Å². The number of benzene rings is 1. The van der Waals surface area contributed by atoms with E-state index in [0.717, 1.165) is 44.8 Å². The zero-order valence-electron chi connectivity index (χ0n) is 26.2. The largest absolute Gasteiger partial charge is 0.455 e. The third-order valence-electron chi connectivity index (χ3n) is 8.76. The number of nitrogens with zero attached hydrogens (tertiary/aromatic N) is 4. The molecule has 1 aromatic carbocycles. The van der Waals surface area contributed by atoms with Crippen LogP contribution in [0, 0.1) is 5.92 Å². The van der Waals surface area contributed by atoms with Crippen molar-refractivity contribution in [3.63, 3.8) is 0 Å². The number of halogens is 5. The van der Waals surface area contributed by atoms with Gasteiger partial charge in [-0.1, -0.05) is 23.2 Å². The summed E-state index contributed by atoms with van der Waals surface area (Å²) in [5.41, 5.74) is 6.71. The summed E-state index contributed by atoms with van der Waals surface area (Å²) < 4.78 is 38.8. The number of piperidine rings is 2. The Morgan fingerprint density at radius 1 is 1.00 bits per heavy atom. The van der Waals surface area contributed by atoms with Gasteiger partial charge in [0.15, 0.2) is 0 Å². The van der Waals surface area contributed by atoms with Gasteiger partial charge in [-0.05, 0) is 101 Å². The van der Waals surface area contributed by atoms with Crippen molar-refractivity contribution in [1.29, 1.82) is 0 Å². The SMILES string of the molecule is CC(C)N1CCC(CNC(=O)c2ccc(-c3ccc(Cl)cc3Cl)nc2N2CCCC(Nc3ccc(C(=O)C(F)(F)F)c(N)n3)C2)CC1. The average Bonchev–Trinajstić information content (AvgIpc) is 3.03. The average molecular weight is 693 g/mol. The number of nitrogens with one attached hydrogen (secondary N) is 2. The molecule has 3 aromatic rings. The molecule has 1 atom stereocenters. The lowest BCUT2D eigenvalue weighted by atomic mass is 9.96. The van der Waals surface area contributed by atoms with Crippen LogP contribution in [0.2, 0.25) is 10.0 Å². The van der Waals surface area contributed by atoms with E-state index in [1.165, 1.54) is 6.07 Å². The molecule has 0 saturated carbocycles. The second kappa shape index (κ2) is 14.7. The van der Waals surface area contributed by atoms with Crippen molar-refractivity contribution < 1.29 is 22.8 Å². The van der Waals surface area contributed by atoms with E-state index in [1.54, 1.807) is 30.3 Å². The standard InChI is InChI=1S/C33H38Cl2F3N7O2/c1-19(2)44-14-11-20(12-15-44)17-40-32(47)25-7-9-27(23-6-5-21(34)16-26(23)35)42-31(25)45-13-3-4-22(18-45)41-28-10-8-24(30(39)43-28)29(46)33(36,37)38/h5-10,16,19-20,22H,3-4,11-15,17-18H2,1-2H3,(H,40,47)(H3,39,41,43). The predicted octanol–water partition coefficient (Wildman–Crippen LogP) is 6.71. The number of Topliss-reactive ketones (excluding diaryl/α,β-unsaturated/α-hetero) is 1. The van der Waals surface area contributed by atoms with Gasteiger partial charge in [0, 0.05) is 42.3 Å². The molecule has 14 heteroatoms. The Labute approximate surface area is 282 Å². The van der Waals surface area contributed by atoms with Gasteiger partial charge in [0.1, 0.15) is 17.5 Å². The van der Waals surface area contributed by atoms with Crippen LogP contribution in [0.5, 0.6) is 0 Å². The summed E-state index contributed by atoms with van der Waals surface area (Å²) >= 11 is 12.6. The number of carbonyl (C=O) groups is 2. The van der Waals surface area contributed by atoms with Crippen molar-refractivity contribution in [2.24, 2.45) is 5.92 Å². The molecule has 47 heavy (non-hydrogen) atoms. The van der Waals surface area contributed by atoms with Crippen LogP contribution in [0.3, 0.4) is 0 Å². The minimum absolute atomic E-state index is 0.202. The molecule has 2 aliphatic heterocycles. The molecule has 4 heterocycles. The van der Waals surface area contributed by atoms with Gasteiger partial charge in [-0.25, -0.2) is 9.97 Å². The van der Waals surface area contributed by atoms with Crippen LogP contribution in [0.4, 0.5) is 30.6 Å². The third kappa shape index (κ3) is 8.46. The lowest BCUT2D eigenvalue weighted by Gasteiger charge is -2.36. The molecule has 1 amide bonds. The molecule has 1 unspecified atom stereocenters. The van der Waals surface area contributed by atoms with E-state index in [0.29, 0.717) is 64.3 Å². The first-order valence-electron chi connectivity index (χ1n) is 15.7. The van der Waals surface area contributed by atoms with Gasteiger partial charge in [-0.3, -0.25) is 9.59 Å². The van der Waals surface area contributed by atoms with Gasteiger partial charge in [0.05, 0.1) is 21.8 Å². The van der Waals surface area contributed by atoms with Crippen LogP contribution in [-0.4, -0.2) is 77.5 Å². The van der Waals surface area contributed by atoms with E-state index in [9.17, 15) is 22.8 Å². The number of likely N-dealkylation sites (tertiary alicyclic amines) is 1. The fraction of sp³-hybridized carbons (Fsp3) is 0.455. The summed E-state index contributed by atoms with van der Waals surface area (Å²) in [5.74, 6) is -1.65. The summed E-state index contributed by atoms with van der Waals surface area (Å²) in [5, 5.41) is 7.28. The molecular weight excluding hydrogens is 654 g/mol. The normalized spacial score (nSPS) is 18.0. The Morgan fingerprint density at radius 3 is 2.38 bits per heavy atom. The Hall–Kier alpha value is -3.61. The first kappa shape index (κ1) is 34.7. The predicted molar refractivity (Wildman–Crippen MR) is 179 cm³/mol. The number of alkyl halides is 3. The zero-order chi connectivity index (χ0) is 33.9. The van der Waals surface area contributed by atoms with Crippen LogP contribution in [0.1, 0.15) is 60.2 Å². The molecule has 0 radical (unpaired) electrons. The van der Waals surface area contributed by atoms with Crippen LogP contribution in [0.15, 0.2) is 42.5 Å². The van der Waals surface area contributed by atoms with Crippen molar-refractivity contribution in [3.05, 3.63) is 63.6 Å². The lowest BCUT2D eigenvalue weighted by Crippen LogP contribution is -2.44. The van der Waals surface area contributed by atoms with Crippen molar-refractivity contribution in [2.45, 2.75) is 57.8 Å². The maximum Gasteiger partial charge on any atom is 0.455 e. The van der Waals surface area contributed by atoms with Crippen molar-refractivity contribution in [3.8, 4) is 11.3 Å². The second-order valence-corrected chi connectivity index (χ2v) is 13.2. The number of nitrogens with two attached hydrogens (primary N) is 1. The molecule has 2 fully saturated rings. The fourth-order valence-corrected chi connectivity index (χ4v) is 6.62. The van der Waals surface area contributed by atoms with Crippen molar-refractivity contribution in [1.82, 2.24) is 20.2 Å². The maximum absolute atomic E-state index is 13.7. The molecule has 2 aromatic heterocycles. The third-order valence-corrected chi connectivity index (χ3v) is 9.31. The van der Waals surface area contributed by atoms with E-state index < -0.39 is 23.3 Å². The molecule has 0 bridgehead atoms. The van der Waals surface area contributed by atoms with E-state index in [-0.39, 0.29) is 17.8 Å². The van der Waals surface area contributed by atoms with Gasteiger partial charge >= 0.3 is 6.18 Å². The second-order valence-electron chi connectivity index (χ2n) is 12.4. The number of amides is 1. The van der Waals surface area contributed by atoms with Crippen molar-refractivity contribution >= 4 is 52.3 Å². The molecule has 2 saturated heterocycles. The van der Waals surface area contributed by atoms with Gasteiger partial charge in [0.25, 0.3) is 11.7 Å². The van der Waals surface area contributed by atoms with E-state index in [2.05, 4.69) is 34.4 Å². The zero-order valence-corrected chi connectivity index (χ0v) is 27.7. The Bertz CT molecular complexity index is 1610. The molecule has 4 N–H and O–H groups in total. The summed E-state index contributed by atoms with van der Waals surface area (Å²) in [6.07, 6.45) is -1.56. The van der Waals surface area contributed by atoms with Crippen LogP contribution in [-0.2, 0) is 0 Å². The number of aromatic nitrogens is 2. The van der Waals surface area contributed by atoms with Gasteiger partial charge in [-0.15, -0.1) is 0 Å². The van der Waals surface area contributed by atoms with Gasteiger partial charge in [0.2, 0.25) is 0 Å². The Balaban J connectivity index is 1.36. The molecule has 0 spiro atoms. The molecule has 252 valence electrons. The summed E-state index contributed by atoms with van der Waals surface area (Å²) in [6, 6.07) is 11.3. The first-order valence-corrected chi connectivity index (χ1v) is 16.4.